The summed E-state index contributed by atoms with van der Waals surface area (Å²) in [6.45, 7) is 9.05. The summed E-state index contributed by atoms with van der Waals surface area (Å²) in [5.41, 5.74) is 6.57. The van der Waals surface area contributed by atoms with E-state index in [1.807, 2.05) is 66.1 Å². The van der Waals surface area contributed by atoms with Gasteiger partial charge in [0, 0.05) is 16.8 Å². The number of para-hydroxylation sites is 2. The number of hydrazone groups is 1. The van der Waals surface area contributed by atoms with Crippen molar-refractivity contribution in [2.45, 2.75) is 38.3 Å². The molecule has 8 heteroatoms. The highest BCUT2D eigenvalue weighted by Gasteiger charge is 2.19. The number of nitrogens with zero attached hydrogens (tertiary/aromatic N) is 4. The lowest BCUT2D eigenvalue weighted by molar-refractivity contribution is -0.118. The number of amides is 1. The molecular formula is C29H31N5O2S. The highest BCUT2D eigenvalue weighted by Crippen LogP contribution is 2.30. The zero-order chi connectivity index (χ0) is 26.3. The Morgan fingerprint density at radius 3 is 2.41 bits per heavy atom. The molecule has 1 aromatic heterocycles. The second-order valence-electron chi connectivity index (χ2n) is 9.36. The molecule has 0 atom stereocenters. The van der Waals surface area contributed by atoms with Crippen molar-refractivity contribution in [2.24, 2.45) is 5.10 Å². The molecule has 1 N–H and O–H groups in total. The van der Waals surface area contributed by atoms with Crippen LogP contribution in [0.3, 0.4) is 0 Å². The van der Waals surface area contributed by atoms with Crippen LogP contribution in [-0.2, 0) is 10.2 Å². The van der Waals surface area contributed by atoms with Gasteiger partial charge in [-0.2, -0.15) is 5.10 Å². The Morgan fingerprint density at radius 1 is 1.00 bits per heavy atom. The van der Waals surface area contributed by atoms with Gasteiger partial charge in [-0.05, 0) is 42.2 Å². The number of nitrogens with one attached hydrogen (secondary N) is 1. The van der Waals surface area contributed by atoms with Crippen molar-refractivity contribution in [3.05, 3.63) is 90.0 Å². The molecule has 37 heavy (non-hydrogen) atoms. The minimum atomic E-state index is -0.242. The van der Waals surface area contributed by atoms with Crippen molar-refractivity contribution < 1.29 is 9.53 Å². The molecule has 0 saturated carbocycles. The highest BCUT2D eigenvalue weighted by atomic mass is 32.2. The van der Waals surface area contributed by atoms with Gasteiger partial charge in [0.1, 0.15) is 5.75 Å². The molecule has 190 valence electrons. The Hall–Kier alpha value is -3.91. The lowest BCUT2D eigenvalue weighted by atomic mass is 9.87. The molecule has 4 aromatic rings. The second kappa shape index (κ2) is 11.9. The third kappa shape index (κ3) is 6.65. The molecule has 0 bridgehead atoms. The van der Waals surface area contributed by atoms with E-state index >= 15 is 0 Å². The number of hydrogen-bond donors (Lipinski definition) is 1. The van der Waals surface area contributed by atoms with Crippen molar-refractivity contribution in [2.75, 3.05) is 12.4 Å². The van der Waals surface area contributed by atoms with Crippen LogP contribution in [0.25, 0.3) is 17.1 Å². The second-order valence-corrected chi connectivity index (χ2v) is 10.3. The van der Waals surface area contributed by atoms with Crippen LogP contribution in [-0.4, -0.2) is 39.2 Å². The first-order valence-electron chi connectivity index (χ1n) is 12.1. The van der Waals surface area contributed by atoms with E-state index in [4.69, 9.17) is 4.74 Å². The minimum absolute atomic E-state index is 0.0631. The molecule has 0 aliphatic rings. The zero-order valence-electron chi connectivity index (χ0n) is 21.5. The summed E-state index contributed by atoms with van der Waals surface area (Å²) in [6.07, 6.45) is 1.58. The van der Waals surface area contributed by atoms with E-state index in [-0.39, 0.29) is 17.1 Å². The van der Waals surface area contributed by atoms with Gasteiger partial charge in [-0.3, -0.25) is 9.36 Å². The standard InChI is InChI=1S/C29H31N5O2S/c1-5-36-25-14-10-9-11-22(25)19-30-31-26(35)20-37-28-33-32-27(34(28)24-12-7-6-8-13-24)21-15-17-23(18-16-21)29(2,3)4/h6-19H,5,20H2,1-4H3,(H,31,35). The SMILES string of the molecule is CCOc1ccccc1C=NNC(=O)CSc1nnc(-c2ccc(C(C)(C)C)cc2)n1-c1ccccc1. The number of ether oxygens (including phenoxy) is 1. The molecule has 1 heterocycles. The molecule has 1 amide bonds. The van der Waals surface area contributed by atoms with E-state index in [0.717, 1.165) is 28.4 Å². The molecule has 0 spiro atoms. The number of aromatic nitrogens is 3. The largest absolute Gasteiger partial charge is 0.493 e. The van der Waals surface area contributed by atoms with E-state index in [0.29, 0.717) is 11.8 Å². The molecule has 0 radical (unpaired) electrons. The molecule has 0 saturated heterocycles. The van der Waals surface area contributed by atoms with E-state index in [2.05, 4.69) is 65.8 Å². The van der Waals surface area contributed by atoms with Gasteiger partial charge in [-0.25, -0.2) is 5.43 Å². The van der Waals surface area contributed by atoms with Gasteiger partial charge in [0.15, 0.2) is 11.0 Å². The van der Waals surface area contributed by atoms with Crippen molar-refractivity contribution in [1.29, 1.82) is 0 Å². The maximum Gasteiger partial charge on any atom is 0.250 e. The molecule has 0 fully saturated rings. The fourth-order valence-electron chi connectivity index (χ4n) is 3.69. The predicted molar refractivity (Wildman–Crippen MR) is 150 cm³/mol. The number of hydrogen-bond acceptors (Lipinski definition) is 6. The van der Waals surface area contributed by atoms with Crippen LogP contribution in [0, 0.1) is 0 Å². The lowest BCUT2D eigenvalue weighted by Crippen LogP contribution is -2.20. The van der Waals surface area contributed by atoms with Crippen molar-refractivity contribution >= 4 is 23.9 Å². The van der Waals surface area contributed by atoms with Crippen molar-refractivity contribution in [3.8, 4) is 22.8 Å². The first-order valence-corrected chi connectivity index (χ1v) is 13.1. The smallest absolute Gasteiger partial charge is 0.250 e. The Balaban J connectivity index is 1.50. The maximum absolute atomic E-state index is 12.5. The monoisotopic (exact) mass is 513 g/mol. The summed E-state index contributed by atoms with van der Waals surface area (Å²) < 4.78 is 7.57. The average molecular weight is 514 g/mol. The van der Waals surface area contributed by atoms with Crippen LogP contribution >= 0.6 is 11.8 Å². The number of thioether (sulfide) groups is 1. The van der Waals surface area contributed by atoms with Gasteiger partial charge in [-0.15, -0.1) is 10.2 Å². The van der Waals surface area contributed by atoms with Gasteiger partial charge in [0.05, 0.1) is 18.6 Å². The summed E-state index contributed by atoms with van der Waals surface area (Å²) in [5.74, 6) is 1.34. The first kappa shape index (κ1) is 26.2. The van der Waals surface area contributed by atoms with Gasteiger partial charge in [0.2, 0.25) is 0 Å². The predicted octanol–water partition coefficient (Wildman–Crippen LogP) is 5.87. The van der Waals surface area contributed by atoms with Gasteiger partial charge in [-0.1, -0.05) is 87.1 Å². The van der Waals surface area contributed by atoms with Crippen LogP contribution in [0.15, 0.2) is 89.1 Å². The number of rotatable bonds is 9. The number of carbonyl (C=O) groups is 1. The van der Waals surface area contributed by atoms with Crippen molar-refractivity contribution in [1.82, 2.24) is 20.2 Å². The Morgan fingerprint density at radius 2 is 1.70 bits per heavy atom. The quantitative estimate of drug-likeness (QED) is 0.172. The van der Waals surface area contributed by atoms with Crippen LogP contribution in [0.1, 0.15) is 38.8 Å². The van der Waals surface area contributed by atoms with E-state index in [1.54, 1.807) is 6.21 Å². The zero-order valence-corrected chi connectivity index (χ0v) is 22.3. The fourth-order valence-corrected chi connectivity index (χ4v) is 4.43. The first-order chi connectivity index (χ1) is 17.9. The topological polar surface area (TPSA) is 81.4 Å². The third-order valence-electron chi connectivity index (χ3n) is 5.60. The van der Waals surface area contributed by atoms with E-state index in [9.17, 15) is 4.79 Å². The van der Waals surface area contributed by atoms with Gasteiger partial charge >= 0.3 is 0 Å². The van der Waals surface area contributed by atoms with Gasteiger partial charge in [0.25, 0.3) is 5.91 Å². The van der Waals surface area contributed by atoms with Gasteiger partial charge < -0.3 is 4.74 Å². The molecular weight excluding hydrogens is 482 g/mol. The molecule has 0 aliphatic carbocycles. The summed E-state index contributed by atoms with van der Waals surface area (Å²) >= 11 is 1.31. The molecule has 0 unspecified atom stereocenters. The van der Waals surface area contributed by atoms with Crippen molar-refractivity contribution in [3.63, 3.8) is 0 Å². The number of benzene rings is 3. The maximum atomic E-state index is 12.5. The Kier molecular flexibility index (Phi) is 8.40. The molecule has 4 rings (SSSR count). The summed E-state index contributed by atoms with van der Waals surface area (Å²) in [7, 11) is 0. The fraction of sp³-hybridized carbons (Fsp3) is 0.241. The Labute approximate surface area is 222 Å². The summed E-state index contributed by atoms with van der Waals surface area (Å²) in [5, 5.41) is 13.6. The van der Waals surface area contributed by atoms with E-state index in [1.165, 1.54) is 17.3 Å². The Bertz CT molecular complexity index is 1360. The van der Waals surface area contributed by atoms with E-state index < -0.39 is 0 Å². The molecule has 7 nitrogen and oxygen atoms in total. The van der Waals surface area contributed by atoms with Crippen LogP contribution in [0.2, 0.25) is 0 Å². The normalized spacial score (nSPS) is 11.6. The van der Waals surface area contributed by atoms with Crippen LogP contribution < -0.4 is 10.2 Å². The molecule has 0 aliphatic heterocycles. The van der Waals surface area contributed by atoms with Crippen LogP contribution in [0.4, 0.5) is 0 Å². The summed E-state index contributed by atoms with van der Waals surface area (Å²) in [6, 6.07) is 25.8. The minimum Gasteiger partial charge on any atom is -0.493 e. The third-order valence-corrected chi connectivity index (χ3v) is 6.53. The highest BCUT2D eigenvalue weighted by molar-refractivity contribution is 7.99. The lowest BCUT2D eigenvalue weighted by Gasteiger charge is -2.19. The summed E-state index contributed by atoms with van der Waals surface area (Å²) in [4.78, 5) is 12.5. The number of carbonyl (C=O) groups excluding carboxylic acids is 1. The average Bonchev–Trinajstić information content (AvgIpc) is 3.33. The molecule has 3 aromatic carbocycles. The van der Waals surface area contributed by atoms with Crippen LogP contribution in [0.5, 0.6) is 5.75 Å².